The van der Waals surface area contributed by atoms with Gasteiger partial charge in [0.2, 0.25) is 6.41 Å². The normalized spacial score (nSPS) is 50.1. The first-order valence-electron chi connectivity index (χ1n) is 12.1. The highest BCUT2D eigenvalue weighted by Crippen LogP contribution is 2.65. The van der Waals surface area contributed by atoms with Crippen LogP contribution in [0.2, 0.25) is 0 Å². The summed E-state index contributed by atoms with van der Waals surface area (Å²) in [6.07, 6.45) is 9.88. The molecule has 30 heavy (non-hydrogen) atoms. The molecule has 0 spiro atoms. The van der Waals surface area contributed by atoms with E-state index in [-0.39, 0.29) is 22.8 Å². The molecule has 1 saturated heterocycles. The van der Waals surface area contributed by atoms with Crippen molar-refractivity contribution in [2.24, 2.45) is 39.7 Å². The summed E-state index contributed by atoms with van der Waals surface area (Å²) in [6.45, 7) is 6.76. The fourth-order valence-electron chi connectivity index (χ4n) is 8.74. The molecule has 5 aliphatic rings. The van der Waals surface area contributed by atoms with E-state index in [1.807, 2.05) is 0 Å². The minimum Gasteiger partial charge on any atom is -0.411 e. The Morgan fingerprint density at radius 3 is 2.60 bits per heavy atom. The van der Waals surface area contributed by atoms with E-state index in [0.29, 0.717) is 36.0 Å². The maximum atomic E-state index is 12.7. The summed E-state index contributed by atoms with van der Waals surface area (Å²) in [6, 6.07) is 0.500. The molecule has 6 heteroatoms. The largest absolute Gasteiger partial charge is 0.411 e. The molecule has 0 aromatic rings. The van der Waals surface area contributed by atoms with Crippen LogP contribution in [0.3, 0.4) is 0 Å². The van der Waals surface area contributed by atoms with Gasteiger partial charge in [-0.1, -0.05) is 19.0 Å². The number of amides is 1. The van der Waals surface area contributed by atoms with Crippen LogP contribution < -0.4 is 5.32 Å². The standard InChI is InChI=1S/C24H37N3O3/c1-23-8-7-18-16(17(23)5-6-22(23)29)13-20(25-14-28)19-11-15(27-9-3-4-10-27)12-21(26-30)24(18,19)2/h14-20,30H,3-13H2,1-2H3,(H,25,28)/t15?,16-,17-,18+,19?,20?,23-,24+/m0/s1. The Morgan fingerprint density at radius 1 is 1.13 bits per heavy atom. The van der Waals surface area contributed by atoms with Crippen molar-refractivity contribution in [2.75, 3.05) is 13.1 Å². The van der Waals surface area contributed by atoms with Gasteiger partial charge < -0.3 is 10.5 Å². The van der Waals surface area contributed by atoms with Crippen molar-refractivity contribution in [2.45, 2.75) is 83.7 Å². The Morgan fingerprint density at radius 2 is 1.90 bits per heavy atom. The Hall–Kier alpha value is -1.43. The Kier molecular flexibility index (Phi) is 4.99. The molecule has 8 atom stereocenters. The molecule has 4 saturated carbocycles. The Bertz CT molecular complexity index is 748. The van der Waals surface area contributed by atoms with E-state index in [1.54, 1.807) is 0 Å². The van der Waals surface area contributed by atoms with Gasteiger partial charge in [-0.15, -0.1) is 0 Å². The quantitative estimate of drug-likeness (QED) is 0.421. The van der Waals surface area contributed by atoms with Crippen molar-refractivity contribution in [3.8, 4) is 0 Å². The smallest absolute Gasteiger partial charge is 0.207 e. The number of carbonyl (C=O) groups is 2. The third-order valence-electron chi connectivity index (χ3n) is 10.3. The minimum atomic E-state index is -0.207. The second-order valence-electron chi connectivity index (χ2n) is 11.2. The number of hydrogen-bond donors (Lipinski definition) is 2. The van der Waals surface area contributed by atoms with E-state index in [4.69, 9.17) is 0 Å². The molecular formula is C24H37N3O3. The lowest BCUT2D eigenvalue weighted by Gasteiger charge is -2.62. The van der Waals surface area contributed by atoms with Crippen molar-refractivity contribution in [3.63, 3.8) is 0 Å². The van der Waals surface area contributed by atoms with Crippen LogP contribution in [0.25, 0.3) is 0 Å². The summed E-state index contributed by atoms with van der Waals surface area (Å²) in [5, 5.41) is 17.3. The number of fused-ring (bicyclic) bond motifs is 5. The fourth-order valence-corrected chi connectivity index (χ4v) is 8.74. The van der Waals surface area contributed by atoms with Crippen LogP contribution in [-0.4, -0.2) is 53.2 Å². The molecule has 0 aromatic carbocycles. The first-order chi connectivity index (χ1) is 14.4. The molecule has 166 valence electrons. The molecule has 4 aliphatic carbocycles. The number of hydrogen-bond acceptors (Lipinski definition) is 5. The zero-order chi connectivity index (χ0) is 21.1. The number of nitrogens with one attached hydrogen (secondary N) is 1. The molecule has 3 unspecified atom stereocenters. The van der Waals surface area contributed by atoms with Crippen LogP contribution >= 0.6 is 0 Å². The molecule has 1 amide bonds. The number of likely N-dealkylation sites (tertiary alicyclic amines) is 1. The molecular weight excluding hydrogens is 378 g/mol. The van der Waals surface area contributed by atoms with Crippen LogP contribution in [0, 0.1) is 34.5 Å². The summed E-state index contributed by atoms with van der Waals surface area (Å²) >= 11 is 0. The maximum Gasteiger partial charge on any atom is 0.207 e. The van der Waals surface area contributed by atoms with Gasteiger partial charge in [0.05, 0.1) is 5.71 Å². The van der Waals surface area contributed by atoms with Gasteiger partial charge >= 0.3 is 0 Å². The fraction of sp³-hybridized carbons (Fsp3) is 0.875. The zero-order valence-corrected chi connectivity index (χ0v) is 18.5. The number of Topliss-reactive ketones (excluding diaryl/α,β-unsaturated/α-hetero) is 1. The molecule has 5 rings (SSSR count). The first kappa shape index (κ1) is 20.5. The van der Waals surface area contributed by atoms with Gasteiger partial charge in [-0.25, -0.2) is 0 Å². The van der Waals surface area contributed by atoms with Crippen molar-refractivity contribution in [1.29, 1.82) is 0 Å². The first-order valence-corrected chi connectivity index (χ1v) is 12.1. The van der Waals surface area contributed by atoms with Crippen molar-refractivity contribution in [3.05, 3.63) is 0 Å². The van der Waals surface area contributed by atoms with Crippen LogP contribution in [-0.2, 0) is 9.59 Å². The van der Waals surface area contributed by atoms with Crippen LogP contribution in [0.15, 0.2) is 5.16 Å². The summed E-state index contributed by atoms with van der Waals surface area (Å²) in [5.41, 5.74) is 0.539. The highest BCUT2D eigenvalue weighted by atomic mass is 16.4. The predicted octanol–water partition coefficient (Wildman–Crippen LogP) is 3.23. The Balaban J connectivity index is 1.52. The molecule has 0 aromatic heterocycles. The summed E-state index contributed by atoms with van der Waals surface area (Å²) in [5.74, 6) is 1.96. The lowest BCUT2D eigenvalue weighted by Crippen LogP contribution is -2.65. The van der Waals surface area contributed by atoms with Crippen LogP contribution in [0.1, 0.15) is 71.6 Å². The topological polar surface area (TPSA) is 82.0 Å². The van der Waals surface area contributed by atoms with Crippen molar-refractivity contribution >= 4 is 17.9 Å². The molecule has 0 radical (unpaired) electrons. The van der Waals surface area contributed by atoms with Crippen LogP contribution in [0.5, 0.6) is 0 Å². The van der Waals surface area contributed by atoms with E-state index in [2.05, 4.69) is 29.2 Å². The van der Waals surface area contributed by atoms with E-state index in [0.717, 1.165) is 63.7 Å². The van der Waals surface area contributed by atoms with Gasteiger partial charge in [0, 0.05) is 35.8 Å². The highest BCUT2D eigenvalue weighted by molar-refractivity contribution is 5.92. The molecule has 6 nitrogen and oxygen atoms in total. The highest BCUT2D eigenvalue weighted by Gasteiger charge is 2.64. The molecule has 2 N–H and O–H groups in total. The lowest BCUT2D eigenvalue weighted by atomic mass is 9.43. The number of oxime groups is 1. The van der Waals surface area contributed by atoms with E-state index < -0.39 is 0 Å². The van der Waals surface area contributed by atoms with Crippen LogP contribution in [0.4, 0.5) is 0 Å². The van der Waals surface area contributed by atoms with E-state index in [9.17, 15) is 14.8 Å². The molecule has 5 fully saturated rings. The average Bonchev–Trinajstić information content (AvgIpc) is 3.36. The van der Waals surface area contributed by atoms with Gasteiger partial charge in [0.25, 0.3) is 0 Å². The minimum absolute atomic E-state index is 0.0916. The predicted molar refractivity (Wildman–Crippen MR) is 114 cm³/mol. The Labute approximate surface area is 179 Å². The van der Waals surface area contributed by atoms with Crippen molar-refractivity contribution < 1.29 is 14.8 Å². The second-order valence-corrected chi connectivity index (χ2v) is 11.2. The summed E-state index contributed by atoms with van der Waals surface area (Å²) in [7, 11) is 0. The molecule has 0 bridgehead atoms. The number of rotatable bonds is 3. The molecule has 1 aliphatic heterocycles. The maximum absolute atomic E-state index is 12.7. The monoisotopic (exact) mass is 415 g/mol. The van der Waals surface area contributed by atoms with Gasteiger partial charge in [-0.05, 0) is 81.7 Å². The summed E-state index contributed by atoms with van der Waals surface area (Å²) in [4.78, 5) is 26.9. The third kappa shape index (κ3) is 2.74. The SMILES string of the molecule is C[C@]12C(=NO)CC(N3CCCC3)CC1C(NC=O)C[C@@H]1[C@H]2CC[C@]2(C)C(=O)CC[C@@H]12. The number of carbonyl (C=O) groups excluding carboxylic acids is 2. The van der Waals surface area contributed by atoms with Gasteiger partial charge in [0.15, 0.2) is 0 Å². The van der Waals surface area contributed by atoms with E-state index >= 15 is 0 Å². The molecule has 1 heterocycles. The van der Waals surface area contributed by atoms with Crippen molar-refractivity contribution in [1.82, 2.24) is 10.2 Å². The second kappa shape index (κ2) is 7.32. The zero-order valence-electron chi connectivity index (χ0n) is 18.5. The van der Waals surface area contributed by atoms with Gasteiger partial charge in [-0.3, -0.25) is 14.5 Å². The summed E-state index contributed by atoms with van der Waals surface area (Å²) < 4.78 is 0. The lowest BCUT2D eigenvalue weighted by molar-refractivity contribution is -0.136. The third-order valence-corrected chi connectivity index (χ3v) is 10.3. The van der Waals surface area contributed by atoms with Gasteiger partial charge in [-0.2, -0.15) is 0 Å². The number of ketones is 1. The van der Waals surface area contributed by atoms with Gasteiger partial charge in [0.1, 0.15) is 5.78 Å². The number of nitrogens with zero attached hydrogens (tertiary/aromatic N) is 2. The van der Waals surface area contributed by atoms with E-state index in [1.165, 1.54) is 12.8 Å². The average molecular weight is 416 g/mol.